The third-order valence-corrected chi connectivity index (χ3v) is 5.88. The zero-order valence-corrected chi connectivity index (χ0v) is 17.1. The monoisotopic (exact) mass is 394 g/mol. The van der Waals surface area contributed by atoms with E-state index in [0.29, 0.717) is 32.6 Å². The minimum atomic E-state index is -0.531. The van der Waals surface area contributed by atoms with Crippen molar-refractivity contribution < 1.29 is 19.1 Å². The van der Waals surface area contributed by atoms with Crippen LogP contribution in [0.3, 0.4) is 0 Å². The predicted octanol–water partition coefficient (Wildman–Crippen LogP) is 0.104. The summed E-state index contributed by atoms with van der Waals surface area (Å²) in [5.41, 5.74) is 5.51. The minimum absolute atomic E-state index is 0.0379. The van der Waals surface area contributed by atoms with Gasteiger partial charge in [-0.3, -0.25) is 14.4 Å². The molecule has 0 aromatic rings. The van der Waals surface area contributed by atoms with Crippen LogP contribution in [0.5, 0.6) is 0 Å². The molecule has 3 aliphatic rings. The second-order valence-electron chi connectivity index (χ2n) is 8.53. The summed E-state index contributed by atoms with van der Waals surface area (Å²) in [6.07, 6.45) is 4.25. The van der Waals surface area contributed by atoms with Crippen molar-refractivity contribution in [3.8, 4) is 0 Å². The van der Waals surface area contributed by atoms with Crippen molar-refractivity contribution in [2.24, 2.45) is 17.6 Å². The molecule has 0 aromatic carbocycles. The van der Waals surface area contributed by atoms with Crippen molar-refractivity contribution in [1.29, 1.82) is 0 Å². The quantitative estimate of drug-likeness (QED) is 0.608. The lowest BCUT2D eigenvalue weighted by atomic mass is 10.1. The number of hydrogen-bond donors (Lipinski definition) is 2. The summed E-state index contributed by atoms with van der Waals surface area (Å²) >= 11 is 0. The highest BCUT2D eigenvalue weighted by Gasteiger charge is 2.46. The van der Waals surface area contributed by atoms with Crippen LogP contribution >= 0.6 is 0 Å². The van der Waals surface area contributed by atoms with E-state index < -0.39 is 6.04 Å². The van der Waals surface area contributed by atoms with Gasteiger partial charge in [0.1, 0.15) is 6.04 Å². The van der Waals surface area contributed by atoms with Crippen LogP contribution in [0.25, 0.3) is 0 Å². The summed E-state index contributed by atoms with van der Waals surface area (Å²) in [5.74, 6) is -0.169. The molecular formula is C20H34N4O4. The third kappa shape index (κ3) is 4.84. The first kappa shape index (κ1) is 21.0. The molecule has 1 saturated carbocycles. The van der Waals surface area contributed by atoms with Crippen LogP contribution in [0.1, 0.15) is 46.0 Å². The maximum Gasteiger partial charge on any atom is 0.242 e. The smallest absolute Gasteiger partial charge is 0.242 e. The van der Waals surface area contributed by atoms with Gasteiger partial charge in [-0.05, 0) is 32.1 Å². The van der Waals surface area contributed by atoms with Gasteiger partial charge in [0.2, 0.25) is 17.7 Å². The molecule has 8 heteroatoms. The van der Waals surface area contributed by atoms with Crippen LogP contribution in [-0.2, 0) is 19.1 Å². The Morgan fingerprint density at radius 2 is 2.00 bits per heavy atom. The molecule has 158 valence electrons. The van der Waals surface area contributed by atoms with Gasteiger partial charge in [-0.15, -0.1) is 0 Å². The van der Waals surface area contributed by atoms with Crippen molar-refractivity contribution in [2.45, 2.75) is 64.1 Å². The van der Waals surface area contributed by atoms with Crippen LogP contribution in [0.15, 0.2) is 0 Å². The van der Waals surface area contributed by atoms with Crippen molar-refractivity contribution in [3.63, 3.8) is 0 Å². The first-order valence-corrected chi connectivity index (χ1v) is 10.6. The Hall–Kier alpha value is -1.67. The first-order valence-electron chi connectivity index (χ1n) is 10.6. The second-order valence-corrected chi connectivity index (χ2v) is 8.53. The zero-order chi connectivity index (χ0) is 20.3. The van der Waals surface area contributed by atoms with Gasteiger partial charge in [-0.1, -0.05) is 13.8 Å². The predicted molar refractivity (Wildman–Crippen MR) is 104 cm³/mol. The Morgan fingerprint density at radius 1 is 1.25 bits per heavy atom. The lowest BCUT2D eigenvalue weighted by molar-refractivity contribution is -0.140. The number of nitrogens with one attached hydrogen (secondary N) is 1. The highest BCUT2D eigenvalue weighted by molar-refractivity contribution is 5.90. The average Bonchev–Trinajstić information content (AvgIpc) is 3.22. The fourth-order valence-electron chi connectivity index (χ4n) is 4.17. The fraction of sp³-hybridized carbons (Fsp3) is 0.850. The average molecular weight is 395 g/mol. The molecule has 3 unspecified atom stereocenters. The van der Waals surface area contributed by atoms with Crippen molar-refractivity contribution >= 4 is 17.7 Å². The van der Waals surface area contributed by atoms with E-state index in [9.17, 15) is 14.4 Å². The molecule has 0 radical (unpaired) electrons. The molecule has 3 atom stereocenters. The van der Waals surface area contributed by atoms with E-state index >= 15 is 0 Å². The van der Waals surface area contributed by atoms with Gasteiger partial charge in [0.15, 0.2) is 0 Å². The molecule has 3 amide bonds. The number of nitrogens with two attached hydrogens (primary N) is 1. The molecule has 2 heterocycles. The summed E-state index contributed by atoms with van der Waals surface area (Å²) in [4.78, 5) is 42.0. The molecule has 1 aliphatic carbocycles. The van der Waals surface area contributed by atoms with Gasteiger partial charge in [-0.25, -0.2) is 0 Å². The Labute approximate surface area is 167 Å². The van der Waals surface area contributed by atoms with E-state index in [1.807, 2.05) is 18.7 Å². The summed E-state index contributed by atoms with van der Waals surface area (Å²) in [6.45, 7) is 6.20. The highest BCUT2D eigenvalue weighted by atomic mass is 16.5. The fourth-order valence-corrected chi connectivity index (χ4v) is 4.17. The van der Waals surface area contributed by atoms with E-state index in [0.717, 1.165) is 32.3 Å². The standard InChI is InChI=1S/C20H34N4O4/c1-13(2)19(26)23(12-16-4-3-9-28-16)15-10-17(18(25)22-8-7-21)24(11-15)20(27)14-5-6-14/h13-17H,3-12,21H2,1-2H3,(H,22,25). The number of amides is 3. The van der Waals surface area contributed by atoms with Crippen molar-refractivity contribution in [3.05, 3.63) is 0 Å². The number of carbonyl (C=O) groups excluding carboxylic acids is 3. The molecule has 28 heavy (non-hydrogen) atoms. The van der Waals surface area contributed by atoms with E-state index in [1.165, 1.54) is 0 Å². The SMILES string of the molecule is CC(C)C(=O)N(CC1CCCO1)C1CC(C(=O)NCCN)N(C(=O)C2CC2)C1. The molecule has 3 rings (SSSR count). The number of ether oxygens (including phenoxy) is 1. The summed E-state index contributed by atoms with van der Waals surface area (Å²) in [5, 5.41) is 2.82. The van der Waals surface area contributed by atoms with E-state index in [2.05, 4.69) is 5.32 Å². The Kier molecular flexibility index (Phi) is 6.93. The number of rotatable bonds is 8. The molecule has 3 fully saturated rings. The largest absolute Gasteiger partial charge is 0.376 e. The molecule has 0 aromatic heterocycles. The van der Waals surface area contributed by atoms with Crippen LogP contribution in [0.2, 0.25) is 0 Å². The summed E-state index contributed by atoms with van der Waals surface area (Å²) < 4.78 is 5.76. The number of nitrogens with zero attached hydrogens (tertiary/aromatic N) is 2. The Bertz CT molecular complexity index is 587. The third-order valence-electron chi connectivity index (χ3n) is 5.88. The molecule has 3 N–H and O–H groups in total. The Balaban J connectivity index is 1.76. The van der Waals surface area contributed by atoms with Gasteiger partial charge >= 0.3 is 0 Å². The first-order chi connectivity index (χ1) is 13.4. The van der Waals surface area contributed by atoms with Gasteiger partial charge in [-0.2, -0.15) is 0 Å². The summed E-state index contributed by atoms with van der Waals surface area (Å²) in [6, 6.07) is -0.688. The summed E-state index contributed by atoms with van der Waals surface area (Å²) in [7, 11) is 0. The maximum absolute atomic E-state index is 12.9. The number of carbonyl (C=O) groups is 3. The minimum Gasteiger partial charge on any atom is -0.376 e. The van der Waals surface area contributed by atoms with Gasteiger partial charge in [0.25, 0.3) is 0 Å². The van der Waals surface area contributed by atoms with E-state index in [-0.39, 0.29) is 41.7 Å². The lowest BCUT2D eigenvalue weighted by Crippen LogP contribution is -2.48. The van der Waals surface area contributed by atoms with Crippen LogP contribution in [0, 0.1) is 11.8 Å². The maximum atomic E-state index is 12.9. The Morgan fingerprint density at radius 3 is 2.57 bits per heavy atom. The molecular weight excluding hydrogens is 360 g/mol. The van der Waals surface area contributed by atoms with E-state index in [4.69, 9.17) is 10.5 Å². The second kappa shape index (κ2) is 9.22. The molecule has 8 nitrogen and oxygen atoms in total. The van der Waals surface area contributed by atoms with Gasteiger partial charge in [0.05, 0.1) is 12.1 Å². The topological polar surface area (TPSA) is 105 Å². The van der Waals surface area contributed by atoms with Gasteiger partial charge in [0, 0.05) is 44.6 Å². The number of hydrogen-bond acceptors (Lipinski definition) is 5. The van der Waals surface area contributed by atoms with Gasteiger partial charge < -0.3 is 25.6 Å². The molecule has 0 bridgehead atoms. The molecule has 2 saturated heterocycles. The van der Waals surface area contributed by atoms with Crippen molar-refractivity contribution in [1.82, 2.24) is 15.1 Å². The van der Waals surface area contributed by atoms with E-state index in [1.54, 1.807) is 4.90 Å². The normalized spacial score (nSPS) is 27.3. The highest BCUT2D eigenvalue weighted by Crippen LogP contribution is 2.35. The van der Waals surface area contributed by atoms with Crippen LogP contribution in [-0.4, -0.2) is 78.5 Å². The zero-order valence-electron chi connectivity index (χ0n) is 17.1. The van der Waals surface area contributed by atoms with Crippen LogP contribution < -0.4 is 11.1 Å². The molecule has 0 spiro atoms. The van der Waals surface area contributed by atoms with Crippen LogP contribution in [0.4, 0.5) is 0 Å². The van der Waals surface area contributed by atoms with Crippen molar-refractivity contribution in [2.75, 3.05) is 32.8 Å². The molecule has 2 aliphatic heterocycles. The lowest BCUT2D eigenvalue weighted by Gasteiger charge is -2.32. The number of likely N-dealkylation sites (tertiary alicyclic amines) is 1.